The summed E-state index contributed by atoms with van der Waals surface area (Å²) in [5, 5.41) is 9.45. The van der Waals surface area contributed by atoms with Gasteiger partial charge in [-0.1, -0.05) is 24.3 Å². The topological polar surface area (TPSA) is 87.2 Å². The monoisotopic (exact) mass is 502 g/mol. The van der Waals surface area contributed by atoms with Gasteiger partial charge in [0.15, 0.2) is 11.5 Å². The van der Waals surface area contributed by atoms with Gasteiger partial charge < -0.3 is 14.7 Å². The molecule has 7 nitrogen and oxygen atoms in total. The Morgan fingerprint density at radius 2 is 2.00 bits per heavy atom. The number of halogens is 1. The molecule has 1 fully saturated rings. The summed E-state index contributed by atoms with van der Waals surface area (Å²) in [5.41, 5.74) is 2.88. The highest BCUT2D eigenvalue weighted by molar-refractivity contribution is 9.10. The summed E-state index contributed by atoms with van der Waals surface area (Å²) in [6.07, 6.45) is 2.29. The molecule has 1 N–H and O–H groups in total. The second-order valence-electron chi connectivity index (χ2n) is 7.16. The average Bonchev–Trinajstić information content (AvgIpc) is 3.02. The van der Waals surface area contributed by atoms with Crippen LogP contribution in [0.4, 0.5) is 4.79 Å². The van der Waals surface area contributed by atoms with E-state index in [2.05, 4.69) is 22.0 Å². The first kappa shape index (κ1) is 21.5. The highest BCUT2D eigenvalue weighted by atomic mass is 79.9. The fraction of sp³-hybridized carbons (Fsp3) is 0.227. The summed E-state index contributed by atoms with van der Waals surface area (Å²) >= 11 is 4.02. The van der Waals surface area contributed by atoms with E-state index in [0.717, 1.165) is 28.6 Å². The SMILES string of the molecule is COc1cc(/C=C2/SC(=O)N(CC(=O)N3CCc4ccccc4C3)C2=O)cc(Br)c1O. The Balaban J connectivity index is 1.48. The largest absolute Gasteiger partial charge is 0.503 e. The zero-order chi connectivity index (χ0) is 22.1. The summed E-state index contributed by atoms with van der Waals surface area (Å²) < 4.78 is 5.52. The molecule has 0 radical (unpaired) electrons. The summed E-state index contributed by atoms with van der Waals surface area (Å²) in [5.74, 6) is -0.585. The Hall–Kier alpha value is -2.78. The van der Waals surface area contributed by atoms with Crippen LogP contribution in [0.5, 0.6) is 11.5 Å². The van der Waals surface area contributed by atoms with Crippen LogP contribution in [0.25, 0.3) is 6.08 Å². The lowest BCUT2D eigenvalue weighted by atomic mass is 10.00. The standard InChI is InChI=1S/C22H19BrN2O5S/c1-30-17-9-13(8-16(23)20(17)27)10-18-21(28)25(22(29)31-18)12-19(26)24-7-6-14-4-2-3-5-15(14)11-24/h2-5,8-10,27H,6-7,11-12H2,1H3/b18-10+. The molecule has 0 spiro atoms. The van der Waals surface area contributed by atoms with Crippen molar-refractivity contribution in [3.8, 4) is 11.5 Å². The molecule has 0 aromatic heterocycles. The van der Waals surface area contributed by atoms with Crippen LogP contribution in [0.3, 0.4) is 0 Å². The number of hydrogen-bond donors (Lipinski definition) is 1. The lowest BCUT2D eigenvalue weighted by Crippen LogP contribution is -2.44. The molecule has 1 saturated heterocycles. The van der Waals surface area contributed by atoms with Crippen molar-refractivity contribution < 1.29 is 24.2 Å². The molecule has 2 aromatic rings. The van der Waals surface area contributed by atoms with Crippen molar-refractivity contribution in [2.24, 2.45) is 0 Å². The highest BCUT2D eigenvalue weighted by Gasteiger charge is 2.37. The maximum atomic E-state index is 12.8. The number of nitrogens with zero attached hydrogens (tertiary/aromatic N) is 2. The minimum atomic E-state index is -0.510. The number of methoxy groups -OCH3 is 1. The summed E-state index contributed by atoms with van der Waals surface area (Å²) in [6.45, 7) is 0.748. The molecular weight excluding hydrogens is 484 g/mol. The summed E-state index contributed by atoms with van der Waals surface area (Å²) in [6, 6.07) is 11.1. The second kappa shape index (κ2) is 8.76. The van der Waals surface area contributed by atoms with E-state index in [9.17, 15) is 19.5 Å². The number of phenolic OH excluding ortho intramolecular Hbond substituents is 1. The number of ether oxygens (including phenoxy) is 1. The van der Waals surface area contributed by atoms with E-state index in [-0.39, 0.29) is 28.9 Å². The van der Waals surface area contributed by atoms with E-state index < -0.39 is 11.1 Å². The van der Waals surface area contributed by atoms with Crippen LogP contribution in [0.2, 0.25) is 0 Å². The third-order valence-corrected chi connectivity index (χ3v) is 6.73. The summed E-state index contributed by atoms with van der Waals surface area (Å²) in [7, 11) is 1.42. The lowest BCUT2D eigenvalue weighted by molar-refractivity contribution is -0.136. The van der Waals surface area contributed by atoms with E-state index >= 15 is 0 Å². The molecule has 0 unspecified atom stereocenters. The highest BCUT2D eigenvalue weighted by Crippen LogP contribution is 2.38. The fourth-order valence-electron chi connectivity index (χ4n) is 3.56. The van der Waals surface area contributed by atoms with E-state index in [0.29, 0.717) is 23.1 Å². The first-order valence-electron chi connectivity index (χ1n) is 9.54. The Morgan fingerprint density at radius 3 is 2.74 bits per heavy atom. The van der Waals surface area contributed by atoms with Crippen molar-refractivity contribution >= 4 is 50.8 Å². The van der Waals surface area contributed by atoms with Crippen LogP contribution < -0.4 is 4.74 Å². The Labute approximate surface area is 191 Å². The van der Waals surface area contributed by atoms with Crippen molar-refractivity contribution in [2.45, 2.75) is 13.0 Å². The molecule has 0 bridgehead atoms. The number of rotatable bonds is 4. The third kappa shape index (κ3) is 4.33. The Bertz CT molecular complexity index is 1120. The zero-order valence-electron chi connectivity index (χ0n) is 16.6. The van der Waals surface area contributed by atoms with Gasteiger partial charge in [-0.05, 0) is 69.0 Å². The van der Waals surface area contributed by atoms with Gasteiger partial charge in [0.25, 0.3) is 11.1 Å². The molecular formula is C22H19BrN2O5S. The van der Waals surface area contributed by atoms with Crippen molar-refractivity contribution in [3.63, 3.8) is 0 Å². The quantitative estimate of drug-likeness (QED) is 0.640. The molecule has 2 aliphatic rings. The van der Waals surface area contributed by atoms with E-state index in [1.807, 2.05) is 18.2 Å². The molecule has 4 rings (SSSR count). The van der Waals surface area contributed by atoms with Crippen LogP contribution in [-0.4, -0.2) is 52.2 Å². The second-order valence-corrected chi connectivity index (χ2v) is 9.00. The maximum absolute atomic E-state index is 12.8. The van der Waals surface area contributed by atoms with Crippen LogP contribution >= 0.6 is 27.7 Å². The number of phenols is 1. The normalized spacial score (nSPS) is 17.3. The predicted molar refractivity (Wildman–Crippen MR) is 121 cm³/mol. The number of imide groups is 1. The maximum Gasteiger partial charge on any atom is 0.294 e. The minimum Gasteiger partial charge on any atom is -0.503 e. The summed E-state index contributed by atoms with van der Waals surface area (Å²) in [4.78, 5) is 40.9. The minimum absolute atomic E-state index is 0.0542. The first-order valence-corrected chi connectivity index (χ1v) is 11.1. The molecule has 2 aromatic carbocycles. The third-order valence-electron chi connectivity index (χ3n) is 5.22. The molecule has 160 valence electrons. The number of hydrogen-bond acceptors (Lipinski definition) is 6. The van der Waals surface area contributed by atoms with E-state index in [4.69, 9.17) is 4.74 Å². The van der Waals surface area contributed by atoms with Gasteiger partial charge >= 0.3 is 0 Å². The van der Waals surface area contributed by atoms with Crippen molar-refractivity contribution in [2.75, 3.05) is 20.2 Å². The number of benzene rings is 2. The van der Waals surface area contributed by atoms with Crippen molar-refractivity contribution in [1.29, 1.82) is 0 Å². The number of amides is 3. The molecule has 3 amide bonds. The number of carbonyl (C=O) groups is 3. The zero-order valence-corrected chi connectivity index (χ0v) is 19.0. The fourth-order valence-corrected chi connectivity index (χ4v) is 4.86. The molecule has 31 heavy (non-hydrogen) atoms. The molecule has 0 saturated carbocycles. The van der Waals surface area contributed by atoms with Gasteiger partial charge in [-0.25, -0.2) is 0 Å². The molecule has 0 atom stereocenters. The number of fused-ring (bicyclic) bond motifs is 1. The van der Waals surface area contributed by atoms with Gasteiger partial charge in [0, 0.05) is 13.1 Å². The van der Waals surface area contributed by atoms with E-state index in [1.54, 1.807) is 23.1 Å². The van der Waals surface area contributed by atoms with Crippen molar-refractivity contribution in [1.82, 2.24) is 9.80 Å². The van der Waals surface area contributed by atoms with Gasteiger partial charge in [0.1, 0.15) is 6.54 Å². The molecule has 2 aliphatic heterocycles. The smallest absolute Gasteiger partial charge is 0.294 e. The van der Waals surface area contributed by atoms with Crippen LogP contribution in [0, 0.1) is 0 Å². The van der Waals surface area contributed by atoms with Gasteiger partial charge in [-0.2, -0.15) is 0 Å². The van der Waals surface area contributed by atoms with E-state index in [1.165, 1.54) is 12.7 Å². The van der Waals surface area contributed by atoms with Crippen LogP contribution in [0.1, 0.15) is 16.7 Å². The van der Waals surface area contributed by atoms with Crippen LogP contribution in [-0.2, 0) is 22.6 Å². The van der Waals surface area contributed by atoms with Gasteiger partial charge in [-0.3, -0.25) is 19.3 Å². The number of carbonyl (C=O) groups excluding carboxylic acids is 3. The molecule has 2 heterocycles. The number of thioether (sulfide) groups is 1. The van der Waals surface area contributed by atoms with Crippen molar-refractivity contribution in [3.05, 3.63) is 62.5 Å². The molecule has 9 heteroatoms. The number of aromatic hydroxyl groups is 1. The first-order chi connectivity index (χ1) is 14.9. The Morgan fingerprint density at radius 1 is 1.26 bits per heavy atom. The predicted octanol–water partition coefficient (Wildman–Crippen LogP) is 3.78. The van der Waals surface area contributed by atoms with Crippen LogP contribution in [0.15, 0.2) is 45.8 Å². The molecule has 0 aliphatic carbocycles. The lowest BCUT2D eigenvalue weighted by Gasteiger charge is -2.29. The van der Waals surface area contributed by atoms with Gasteiger partial charge in [-0.15, -0.1) is 0 Å². The van der Waals surface area contributed by atoms with Gasteiger partial charge in [0.2, 0.25) is 5.91 Å². The van der Waals surface area contributed by atoms with Gasteiger partial charge in [0.05, 0.1) is 16.5 Å². The Kier molecular flexibility index (Phi) is 6.06. The average molecular weight is 503 g/mol.